The van der Waals surface area contributed by atoms with Gasteiger partial charge in [0.1, 0.15) is 0 Å². The molecule has 2 atom stereocenters. The molecule has 2 unspecified atom stereocenters. The van der Waals surface area contributed by atoms with E-state index >= 15 is 0 Å². The van der Waals surface area contributed by atoms with E-state index in [2.05, 4.69) is 50.3 Å². The molecule has 0 saturated carbocycles. The Morgan fingerprint density at radius 3 is 2.55 bits per heavy atom. The second-order valence-corrected chi connectivity index (χ2v) is 5.70. The van der Waals surface area contributed by atoms with Crippen molar-refractivity contribution in [3.63, 3.8) is 0 Å². The first-order chi connectivity index (χ1) is 9.58. The van der Waals surface area contributed by atoms with E-state index in [4.69, 9.17) is 9.47 Å². The molecule has 0 amide bonds. The van der Waals surface area contributed by atoms with E-state index in [0.29, 0.717) is 12.1 Å². The quantitative estimate of drug-likeness (QED) is 0.897. The van der Waals surface area contributed by atoms with E-state index < -0.39 is 0 Å². The van der Waals surface area contributed by atoms with Gasteiger partial charge in [0, 0.05) is 25.0 Å². The van der Waals surface area contributed by atoms with Crippen LogP contribution in [0.4, 0.5) is 0 Å². The molecule has 1 aliphatic heterocycles. The van der Waals surface area contributed by atoms with Crippen molar-refractivity contribution in [1.29, 1.82) is 0 Å². The Kier molecular flexibility index (Phi) is 5.26. The molecule has 0 aliphatic carbocycles. The number of likely N-dealkylation sites (N-methyl/N-ethyl adjacent to an activating group) is 1. The first-order valence-corrected chi connectivity index (χ1v) is 7.37. The highest BCUT2D eigenvalue weighted by atomic mass is 16.5. The molecule has 2 rings (SSSR count). The van der Waals surface area contributed by atoms with Crippen molar-refractivity contribution in [3.8, 4) is 11.5 Å². The molecular weight excluding hydrogens is 252 g/mol. The number of hydrogen-bond acceptors (Lipinski definition) is 4. The van der Waals surface area contributed by atoms with Crippen LogP contribution in [-0.2, 0) is 0 Å². The topological polar surface area (TPSA) is 33.7 Å². The number of benzene rings is 1. The third kappa shape index (κ3) is 3.87. The monoisotopic (exact) mass is 278 g/mol. The average molecular weight is 278 g/mol. The second kappa shape index (κ2) is 6.95. The van der Waals surface area contributed by atoms with E-state index in [9.17, 15) is 0 Å². The molecule has 0 fully saturated rings. The molecule has 112 valence electrons. The zero-order valence-electron chi connectivity index (χ0n) is 13.0. The van der Waals surface area contributed by atoms with E-state index in [1.807, 2.05) is 6.07 Å². The molecule has 1 N–H and O–H groups in total. The van der Waals surface area contributed by atoms with Gasteiger partial charge >= 0.3 is 0 Å². The van der Waals surface area contributed by atoms with Crippen LogP contribution in [0.2, 0.25) is 0 Å². The highest BCUT2D eigenvalue weighted by Gasteiger charge is 2.14. The number of nitrogens with zero attached hydrogens (tertiary/aromatic N) is 1. The van der Waals surface area contributed by atoms with Gasteiger partial charge in [0.15, 0.2) is 11.5 Å². The Morgan fingerprint density at radius 1 is 1.15 bits per heavy atom. The highest BCUT2D eigenvalue weighted by Crippen LogP contribution is 2.32. The molecule has 20 heavy (non-hydrogen) atoms. The standard InChI is InChI=1S/C16H26N2O2/c1-12(18(3)4)11-17-13(2)14-6-7-15-16(10-14)20-9-5-8-19-15/h6-7,10,12-13,17H,5,8-9,11H2,1-4H3. The van der Waals surface area contributed by atoms with Gasteiger partial charge in [-0.25, -0.2) is 0 Å². The van der Waals surface area contributed by atoms with Gasteiger partial charge < -0.3 is 19.7 Å². The first-order valence-electron chi connectivity index (χ1n) is 7.37. The Bertz CT molecular complexity index is 434. The van der Waals surface area contributed by atoms with Crippen molar-refractivity contribution in [2.75, 3.05) is 33.9 Å². The first kappa shape index (κ1) is 15.1. The van der Waals surface area contributed by atoms with Gasteiger partial charge in [0.25, 0.3) is 0 Å². The Hall–Kier alpha value is -1.26. The second-order valence-electron chi connectivity index (χ2n) is 5.70. The van der Waals surface area contributed by atoms with Crippen molar-refractivity contribution in [3.05, 3.63) is 23.8 Å². The molecule has 1 heterocycles. The van der Waals surface area contributed by atoms with Crippen LogP contribution in [0.15, 0.2) is 18.2 Å². The number of rotatable bonds is 5. The van der Waals surface area contributed by atoms with Gasteiger partial charge in [-0.2, -0.15) is 0 Å². The summed E-state index contributed by atoms with van der Waals surface area (Å²) in [5.74, 6) is 1.73. The number of fused-ring (bicyclic) bond motifs is 1. The number of nitrogens with one attached hydrogen (secondary N) is 1. The normalized spacial score (nSPS) is 17.6. The number of hydrogen-bond donors (Lipinski definition) is 1. The smallest absolute Gasteiger partial charge is 0.161 e. The predicted molar refractivity (Wildman–Crippen MR) is 81.6 cm³/mol. The molecule has 0 saturated heterocycles. The third-order valence-electron chi connectivity index (χ3n) is 3.87. The maximum absolute atomic E-state index is 5.74. The largest absolute Gasteiger partial charge is 0.490 e. The van der Waals surface area contributed by atoms with E-state index in [0.717, 1.165) is 37.7 Å². The van der Waals surface area contributed by atoms with Crippen LogP contribution in [0.5, 0.6) is 11.5 Å². The maximum Gasteiger partial charge on any atom is 0.161 e. The molecule has 1 aromatic carbocycles. The minimum atomic E-state index is 0.301. The Morgan fingerprint density at radius 2 is 1.85 bits per heavy atom. The van der Waals surface area contributed by atoms with Crippen LogP contribution in [0.1, 0.15) is 31.9 Å². The summed E-state index contributed by atoms with van der Waals surface area (Å²) in [6.45, 7) is 6.83. The van der Waals surface area contributed by atoms with Gasteiger partial charge in [-0.1, -0.05) is 6.07 Å². The summed E-state index contributed by atoms with van der Waals surface area (Å²) in [6, 6.07) is 7.04. The van der Waals surface area contributed by atoms with Gasteiger partial charge in [-0.15, -0.1) is 0 Å². The van der Waals surface area contributed by atoms with Crippen LogP contribution in [0, 0.1) is 0 Å². The minimum absolute atomic E-state index is 0.301. The molecule has 0 spiro atoms. The predicted octanol–water partition coefficient (Wildman–Crippen LogP) is 2.45. The molecular formula is C16H26N2O2. The van der Waals surface area contributed by atoms with Crippen molar-refractivity contribution < 1.29 is 9.47 Å². The fraction of sp³-hybridized carbons (Fsp3) is 0.625. The van der Waals surface area contributed by atoms with Gasteiger partial charge in [0.05, 0.1) is 13.2 Å². The molecule has 1 aliphatic rings. The lowest BCUT2D eigenvalue weighted by molar-refractivity contribution is 0.294. The fourth-order valence-electron chi connectivity index (χ4n) is 2.10. The van der Waals surface area contributed by atoms with Crippen LogP contribution in [-0.4, -0.2) is 44.8 Å². The van der Waals surface area contributed by atoms with Crippen LogP contribution in [0.25, 0.3) is 0 Å². The lowest BCUT2D eigenvalue weighted by atomic mass is 10.1. The number of ether oxygens (including phenoxy) is 2. The van der Waals surface area contributed by atoms with Crippen molar-refractivity contribution in [1.82, 2.24) is 10.2 Å². The average Bonchev–Trinajstić information content (AvgIpc) is 2.68. The molecule has 4 nitrogen and oxygen atoms in total. The lowest BCUT2D eigenvalue weighted by Gasteiger charge is -2.23. The van der Waals surface area contributed by atoms with Crippen LogP contribution < -0.4 is 14.8 Å². The Balaban J connectivity index is 1.99. The minimum Gasteiger partial charge on any atom is -0.490 e. The maximum atomic E-state index is 5.74. The summed E-state index contributed by atoms with van der Waals surface area (Å²) in [5, 5.41) is 3.56. The zero-order valence-corrected chi connectivity index (χ0v) is 13.0. The van der Waals surface area contributed by atoms with Gasteiger partial charge in [-0.3, -0.25) is 0 Å². The van der Waals surface area contributed by atoms with Crippen molar-refractivity contribution >= 4 is 0 Å². The van der Waals surface area contributed by atoms with E-state index in [1.54, 1.807) is 0 Å². The van der Waals surface area contributed by atoms with Gasteiger partial charge in [0.2, 0.25) is 0 Å². The lowest BCUT2D eigenvalue weighted by Crippen LogP contribution is -2.36. The molecule has 1 aromatic rings. The zero-order chi connectivity index (χ0) is 14.5. The van der Waals surface area contributed by atoms with Gasteiger partial charge in [-0.05, 0) is 45.6 Å². The molecule has 0 bridgehead atoms. The van der Waals surface area contributed by atoms with Crippen molar-refractivity contribution in [2.24, 2.45) is 0 Å². The summed E-state index contributed by atoms with van der Waals surface area (Å²) in [4.78, 5) is 2.22. The summed E-state index contributed by atoms with van der Waals surface area (Å²) < 4.78 is 11.4. The van der Waals surface area contributed by atoms with E-state index in [-0.39, 0.29) is 0 Å². The van der Waals surface area contributed by atoms with Crippen molar-refractivity contribution in [2.45, 2.75) is 32.4 Å². The Labute approximate surface area is 122 Å². The van der Waals surface area contributed by atoms with E-state index in [1.165, 1.54) is 5.56 Å². The molecule has 0 aromatic heterocycles. The molecule has 4 heteroatoms. The summed E-state index contributed by atoms with van der Waals surface area (Å²) in [6.07, 6.45) is 0.943. The fourth-order valence-corrected chi connectivity index (χ4v) is 2.10. The summed E-state index contributed by atoms with van der Waals surface area (Å²) in [5.41, 5.74) is 1.24. The highest BCUT2D eigenvalue weighted by molar-refractivity contribution is 5.44. The SMILES string of the molecule is CC(NCC(C)N(C)C)c1ccc2c(c1)OCCCO2. The van der Waals surface area contributed by atoms with Crippen LogP contribution in [0.3, 0.4) is 0 Å². The summed E-state index contributed by atoms with van der Waals surface area (Å²) >= 11 is 0. The third-order valence-corrected chi connectivity index (χ3v) is 3.87. The summed E-state index contributed by atoms with van der Waals surface area (Å²) in [7, 11) is 4.20. The van der Waals surface area contributed by atoms with Crippen LogP contribution >= 0.6 is 0 Å². The molecule has 0 radical (unpaired) electrons.